The maximum Gasteiger partial charge on any atom is 0.249 e. The Bertz CT molecular complexity index is 651. The number of aromatic nitrogens is 3. The molecule has 1 aliphatic heterocycles. The molecule has 0 spiro atoms. The van der Waals surface area contributed by atoms with E-state index in [1.54, 1.807) is 24.0 Å². The van der Waals surface area contributed by atoms with Crippen molar-refractivity contribution < 1.29 is 14.3 Å². The van der Waals surface area contributed by atoms with Gasteiger partial charge in [0.2, 0.25) is 5.91 Å². The third-order valence-corrected chi connectivity index (χ3v) is 4.19. The third-order valence-electron chi connectivity index (χ3n) is 4.19. The molecular weight excluding hydrogens is 320 g/mol. The molecule has 2 aromatic heterocycles. The van der Waals surface area contributed by atoms with Crippen molar-refractivity contribution in [1.82, 2.24) is 20.1 Å². The van der Waals surface area contributed by atoms with Gasteiger partial charge in [-0.05, 0) is 43.9 Å². The van der Waals surface area contributed by atoms with Crippen molar-refractivity contribution in [2.75, 3.05) is 13.2 Å². The number of hydrogen-bond acceptors (Lipinski definition) is 5. The minimum Gasteiger partial charge on any atom is -0.376 e. The lowest BCUT2D eigenvalue weighted by atomic mass is 10.1. The van der Waals surface area contributed by atoms with Crippen molar-refractivity contribution in [1.29, 1.82) is 0 Å². The zero-order valence-electron chi connectivity index (χ0n) is 14.4. The lowest BCUT2D eigenvalue weighted by Crippen LogP contribution is -2.36. The van der Waals surface area contributed by atoms with Gasteiger partial charge in [0.05, 0.1) is 12.7 Å². The lowest BCUT2D eigenvalue weighted by molar-refractivity contribution is -0.135. The second-order valence-electron chi connectivity index (χ2n) is 6.16. The van der Waals surface area contributed by atoms with E-state index in [1.165, 1.54) is 0 Å². The summed E-state index contributed by atoms with van der Waals surface area (Å²) in [4.78, 5) is 16.5. The highest BCUT2D eigenvalue weighted by molar-refractivity contribution is 5.80. The van der Waals surface area contributed by atoms with Crippen LogP contribution in [0.25, 0.3) is 5.82 Å². The zero-order chi connectivity index (χ0) is 17.5. The Kier molecular flexibility index (Phi) is 6.14. The van der Waals surface area contributed by atoms with E-state index in [-0.39, 0.29) is 12.0 Å². The van der Waals surface area contributed by atoms with Gasteiger partial charge in [-0.15, -0.1) is 0 Å². The highest BCUT2D eigenvalue weighted by Crippen LogP contribution is 2.13. The van der Waals surface area contributed by atoms with Crippen LogP contribution in [0.15, 0.2) is 36.8 Å². The quantitative estimate of drug-likeness (QED) is 0.829. The van der Waals surface area contributed by atoms with Crippen molar-refractivity contribution in [3.8, 4) is 5.82 Å². The van der Waals surface area contributed by atoms with Crippen LogP contribution in [0.5, 0.6) is 0 Å². The van der Waals surface area contributed by atoms with Crippen molar-refractivity contribution >= 4 is 5.91 Å². The van der Waals surface area contributed by atoms with Crippen LogP contribution in [0.3, 0.4) is 0 Å². The molecule has 25 heavy (non-hydrogen) atoms. The van der Waals surface area contributed by atoms with Crippen molar-refractivity contribution in [3.05, 3.63) is 42.4 Å². The first-order valence-electron chi connectivity index (χ1n) is 8.68. The first-order valence-corrected chi connectivity index (χ1v) is 8.68. The fraction of sp³-hybridized carbons (Fsp3) is 0.500. The molecule has 3 rings (SSSR count). The maximum absolute atomic E-state index is 12.1. The lowest BCUT2D eigenvalue weighted by Gasteiger charge is -2.23. The summed E-state index contributed by atoms with van der Waals surface area (Å²) < 4.78 is 12.9. The molecule has 0 aliphatic carbocycles. The van der Waals surface area contributed by atoms with Gasteiger partial charge in [-0.1, -0.05) is 6.07 Å². The van der Waals surface area contributed by atoms with Crippen molar-refractivity contribution in [2.45, 2.75) is 44.9 Å². The molecule has 134 valence electrons. The Morgan fingerprint density at radius 3 is 3.08 bits per heavy atom. The first-order chi connectivity index (χ1) is 12.2. The van der Waals surface area contributed by atoms with Crippen LogP contribution in [0.1, 0.15) is 31.7 Å². The van der Waals surface area contributed by atoms with Gasteiger partial charge in [-0.2, -0.15) is 5.10 Å². The standard InChI is InChI=1S/C18H24N4O3/c1-14(25-13-16-5-2-3-10-24-16)18(23)20-12-15-6-7-17(19-11-15)22-9-4-8-21-22/h4,6-9,11,14,16H,2-3,5,10,12-13H2,1H3,(H,20,23)/t14-,16+/m0/s1. The van der Waals surface area contributed by atoms with E-state index in [0.717, 1.165) is 37.3 Å². The Hall–Kier alpha value is -2.25. The zero-order valence-corrected chi connectivity index (χ0v) is 14.4. The monoisotopic (exact) mass is 344 g/mol. The summed E-state index contributed by atoms with van der Waals surface area (Å²) in [6.45, 7) is 3.43. The summed E-state index contributed by atoms with van der Waals surface area (Å²) in [5, 5.41) is 7.00. The van der Waals surface area contributed by atoms with Crippen molar-refractivity contribution in [2.24, 2.45) is 0 Å². The van der Waals surface area contributed by atoms with Crippen LogP contribution < -0.4 is 5.32 Å². The second-order valence-corrected chi connectivity index (χ2v) is 6.16. The Balaban J connectivity index is 1.41. The molecule has 1 amide bonds. The number of amides is 1. The van der Waals surface area contributed by atoms with E-state index in [0.29, 0.717) is 13.2 Å². The molecular formula is C18H24N4O3. The molecule has 0 unspecified atom stereocenters. The molecule has 1 aliphatic rings. The topological polar surface area (TPSA) is 78.3 Å². The number of nitrogens with zero attached hydrogens (tertiary/aromatic N) is 3. The van der Waals surface area contributed by atoms with E-state index < -0.39 is 6.10 Å². The number of nitrogens with one attached hydrogen (secondary N) is 1. The molecule has 0 saturated carbocycles. The van der Waals surface area contributed by atoms with Crippen LogP contribution in [-0.4, -0.2) is 46.1 Å². The van der Waals surface area contributed by atoms with E-state index in [4.69, 9.17) is 9.47 Å². The molecule has 7 heteroatoms. The molecule has 3 heterocycles. The summed E-state index contributed by atoms with van der Waals surface area (Å²) >= 11 is 0. The number of rotatable bonds is 7. The Morgan fingerprint density at radius 2 is 2.40 bits per heavy atom. The smallest absolute Gasteiger partial charge is 0.249 e. The first kappa shape index (κ1) is 17.6. The molecule has 2 aromatic rings. The third kappa shape index (κ3) is 5.11. The van der Waals surface area contributed by atoms with Crippen LogP contribution in [0.4, 0.5) is 0 Å². The summed E-state index contributed by atoms with van der Waals surface area (Å²) in [5.41, 5.74) is 0.923. The van der Waals surface area contributed by atoms with E-state index in [2.05, 4.69) is 15.4 Å². The molecule has 7 nitrogen and oxygen atoms in total. The van der Waals surface area contributed by atoms with Gasteiger partial charge >= 0.3 is 0 Å². The summed E-state index contributed by atoms with van der Waals surface area (Å²) in [5.74, 6) is 0.608. The summed E-state index contributed by atoms with van der Waals surface area (Å²) in [6, 6.07) is 5.64. The van der Waals surface area contributed by atoms with E-state index in [9.17, 15) is 4.79 Å². The minimum absolute atomic E-state index is 0.114. The van der Waals surface area contributed by atoms with Gasteiger partial charge in [0.1, 0.15) is 6.10 Å². The summed E-state index contributed by atoms with van der Waals surface area (Å²) in [7, 11) is 0. The van der Waals surface area contributed by atoms with Gasteiger partial charge in [0.25, 0.3) is 0 Å². The molecule has 1 N–H and O–H groups in total. The summed E-state index contributed by atoms with van der Waals surface area (Å²) in [6.07, 6.45) is 8.16. The predicted molar refractivity (Wildman–Crippen MR) is 92.2 cm³/mol. The van der Waals surface area contributed by atoms with Gasteiger partial charge in [0.15, 0.2) is 5.82 Å². The molecule has 1 saturated heterocycles. The number of hydrogen-bond donors (Lipinski definition) is 1. The van der Waals surface area contributed by atoms with Crippen LogP contribution in [-0.2, 0) is 20.8 Å². The Labute approximate surface area is 147 Å². The average Bonchev–Trinajstić information content (AvgIpc) is 3.20. The largest absolute Gasteiger partial charge is 0.376 e. The fourth-order valence-corrected chi connectivity index (χ4v) is 2.66. The highest BCUT2D eigenvalue weighted by Gasteiger charge is 2.18. The molecule has 0 bridgehead atoms. The Morgan fingerprint density at radius 1 is 1.48 bits per heavy atom. The fourth-order valence-electron chi connectivity index (χ4n) is 2.66. The van der Waals surface area contributed by atoms with E-state index >= 15 is 0 Å². The van der Waals surface area contributed by atoms with Crippen LogP contribution in [0, 0.1) is 0 Å². The molecule has 2 atom stereocenters. The van der Waals surface area contributed by atoms with Crippen molar-refractivity contribution in [3.63, 3.8) is 0 Å². The highest BCUT2D eigenvalue weighted by atomic mass is 16.5. The van der Waals surface area contributed by atoms with E-state index in [1.807, 2.05) is 24.4 Å². The normalized spacial score (nSPS) is 18.7. The van der Waals surface area contributed by atoms with Gasteiger partial charge < -0.3 is 14.8 Å². The predicted octanol–water partition coefficient (Wildman–Crippen LogP) is 1.86. The molecule has 0 radical (unpaired) electrons. The molecule has 1 fully saturated rings. The van der Waals surface area contributed by atoms with Gasteiger partial charge in [-0.25, -0.2) is 9.67 Å². The van der Waals surface area contributed by atoms with Gasteiger partial charge in [-0.3, -0.25) is 4.79 Å². The van der Waals surface area contributed by atoms with Crippen LogP contribution in [0.2, 0.25) is 0 Å². The second kappa shape index (κ2) is 8.73. The average molecular weight is 344 g/mol. The number of carbonyl (C=O) groups is 1. The van der Waals surface area contributed by atoms with Crippen LogP contribution >= 0.6 is 0 Å². The number of carbonyl (C=O) groups excluding carboxylic acids is 1. The minimum atomic E-state index is -0.498. The number of ether oxygens (including phenoxy) is 2. The number of pyridine rings is 1. The molecule has 0 aromatic carbocycles. The maximum atomic E-state index is 12.1. The SMILES string of the molecule is C[C@H](OC[C@H]1CCCCO1)C(=O)NCc1ccc(-n2cccn2)nc1. The van der Waals surface area contributed by atoms with Gasteiger partial charge in [0, 0.05) is 31.7 Å².